The van der Waals surface area contributed by atoms with Gasteiger partial charge in [0.05, 0.1) is 26.9 Å². The van der Waals surface area contributed by atoms with Gasteiger partial charge in [0.2, 0.25) is 0 Å². The average molecular weight is 348 g/mol. The second-order valence-electron chi connectivity index (χ2n) is 5.53. The van der Waals surface area contributed by atoms with E-state index in [1.165, 1.54) is 26.4 Å². The number of aliphatic hydroxyl groups excluding tert-OH is 1. The van der Waals surface area contributed by atoms with E-state index in [-0.39, 0.29) is 24.0 Å². The van der Waals surface area contributed by atoms with E-state index in [9.17, 15) is 15.3 Å². The molecule has 136 valence electrons. The van der Waals surface area contributed by atoms with Gasteiger partial charge >= 0.3 is 0 Å². The molecular formula is C19H24O6. The highest BCUT2D eigenvalue weighted by Crippen LogP contribution is 2.39. The SMILES string of the molecule is CCO[C@H](c1ccc(O)c(OC)c1)[C@@H](CO)c1ccc(O)c(OC)c1. The number of ether oxygens (including phenoxy) is 3. The third-order valence-electron chi connectivity index (χ3n) is 4.07. The van der Waals surface area contributed by atoms with Gasteiger partial charge < -0.3 is 29.5 Å². The molecule has 0 saturated carbocycles. The molecule has 2 rings (SSSR count). The standard InChI is InChI=1S/C19H24O6/c1-4-25-19(13-6-8-16(22)18(10-13)24-3)14(11-20)12-5-7-15(21)17(9-12)23-2/h5-10,14,19-22H,4,11H2,1-3H3/t14-,19+/m0/s1. The highest BCUT2D eigenvalue weighted by molar-refractivity contribution is 5.46. The van der Waals surface area contributed by atoms with E-state index in [0.29, 0.717) is 18.1 Å². The molecule has 6 heteroatoms. The van der Waals surface area contributed by atoms with Crippen LogP contribution in [0.4, 0.5) is 0 Å². The van der Waals surface area contributed by atoms with Gasteiger partial charge in [-0.2, -0.15) is 0 Å². The van der Waals surface area contributed by atoms with E-state index in [1.807, 2.05) is 6.92 Å². The zero-order valence-corrected chi connectivity index (χ0v) is 14.6. The van der Waals surface area contributed by atoms with Gasteiger partial charge in [0.25, 0.3) is 0 Å². The summed E-state index contributed by atoms with van der Waals surface area (Å²) in [6.45, 7) is 2.15. The Labute approximate surface area is 147 Å². The first-order chi connectivity index (χ1) is 12.0. The van der Waals surface area contributed by atoms with E-state index in [0.717, 1.165) is 11.1 Å². The topological polar surface area (TPSA) is 88.4 Å². The summed E-state index contributed by atoms with van der Waals surface area (Å²) in [5.41, 5.74) is 1.53. The van der Waals surface area contributed by atoms with Gasteiger partial charge in [-0.1, -0.05) is 12.1 Å². The molecule has 0 spiro atoms. The minimum absolute atomic E-state index is 0.0298. The van der Waals surface area contributed by atoms with Gasteiger partial charge in [-0.15, -0.1) is 0 Å². The minimum Gasteiger partial charge on any atom is -0.504 e. The fourth-order valence-electron chi connectivity index (χ4n) is 2.80. The number of phenolic OH excluding ortho intramolecular Hbond substituents is 2. The van der Waals surface area contributed by atoms with Crippen molar-refractivity contribution in [2.45, 2.75) is 18.9 Å². The number of hydrogen-bond donors (Lipinski definition) is 3. The van der Waals surface area contributed by atoms with E-state index >= 15 is 0 Å². The summed E-state index contributed by atoms with van der Waals surface area (Å²) < 4.78 is 16.2. The normalized spacial score (nSPS) is 13.3. The molecule has 0 aromatic heterocycles. The molecule has 0 radical (unpaired) electrons. The first-order valence-corrected chi connectivity index (χ1v) is 8.01. The van der Waals surface area contributed by atoms with Crippen molar-refractivity contribution >= 4 is 0 Å². The molecule has 0 fully saturated rings. The van der Waals surface area contributed by atoms with E-state index in [1.54, 1.807) is 24.3 Å². The van der Waals surface area contributed by atoms with Gasteiger partial charge in [-0.3, -0.25) is 0 Å². The lowest BCUT2D eigenvalue weighted by Gasteiger charge is -2.27. The van der Waals surface area contributed by atoms with Crippen LogP contribution in [0.25, 0.3) is 0 Å². The van der Waals surface area contributed by atoms with Crippen molar-refractivity contribution in [3.8, 4) is 23.0 Å². The Morgan fingerprint density at radius 3 is 1.88 bits per heavy atom. The molecule has 3 N–H and O–H groups in total. The fraction of sp³-hybridized carbons (Fsp3) is 0.368. The summed E-state index contributed by atoms with van der Waals surface area (Å²) in [7, 11) is 2.94. The second kappa shape index (κ2) is 8.60. The van der Waals surface area contributed by atoms with E-state index < -0.39 is 6.10 Å². The number of hydrogen-bond acceptors (Lipinski definition) is 6. The number of aromatic hydroxyl groups is 2. The van der Waals surface area contributed by atoms with Gasteiger partial charge in [-0.05, 0) is 42.3 Å². The summed E-state index contributed by atoms with van der Waals surface area (Å²) in [6.07, 6.45) is -0.459. The Bertz CT molecular complexity index is 700. The lowest BCUT2D eigenvalue weighted by atomic mass is 9.89. The lowest BCUT2D eigenvalue weighted by Crippen LogP contribution is -2.18. The fourth-order valence-corrected chi connectivity index (χ4v) is 2.80. The highest BCUT2D eigenvalue weighted by Gasteiger charge is 2.26. The van der Waals surface area contributed by atoms with Crippen molar-refractivity contribution in [1.82, 2.24) is 0 Å². The summed E-state index contributed by atoms with van der Waals surface area (Å²) >= 11 is 0. The van der Waals surface area contributed by atoms with Crippen LogP contribution in [0.3, 0.4) is 0 Å². The number of aliphatic hydroxyl groups is 1. The number of benzene rings is 2. The molecule has 0 aliphatic heterocycles. The molecule has 6 nitrogen and oxygen atoms in total. The zero-order chi connectivity index (χ0) is 18.4. The van der Waals surface area contributed by atoms with Crippen molar-refractivity contribution in [3.63, 3.8) is 0 Å². The Morgan fingerprint density at radius 1 is 0.880 bits per heavy atom. The molecule has 2 aromatic carbocycles. The monoisotopic (exact) mass is 348 g/mol. The maximum atomic E-state index is 9.99. The molecule has 0 heterocycles. The summed E-state index contributed by atoms with van der Waals surface area (Å²) in [5, 5.41) is 29.6. The van der Waals surface area contributed by atoms with Crippen molar-refractivity contribution in [3.05, 3.63) is 47.5 Å². The molecular weight excluding hydrogens is 324 g/mol. The molecule has 0 aliphatic carbocycles. The van der Waals surface area contributed by atoms with Crippen LogP contribution in [0.15, 0.2) is 36.4 Å². The van der Waals surface area contributed by atoms with Crippen LogP contribution in [0.1, 0.15) is 30.1 Å². The van der Waals surface area contributed by atoms with Crippen LogP contribution in [0, 0.1) is 0 Å². The maximum absolute atomic E-state index is 9.99. The quantitative estimate of drug-likeness (QED) is 0.680. The average Bonchev–Trinajstić information content (AvgIpc) is 2.63. The summed E-state index contributed by atoms with van der Waals surface area (Å²) in [6, 6.07) is 9.89. The van der Waals surface area contributed by atoms with Crippen LogP contribution < -0.4 is 9.47 Å². The lowest BCUT2D eigenvalue weighted by molar-refractivity contribution is 0.0252. The van der Waals surface area contributed by atoms with E-state index in [2.05, 4.69) is 0 Å². The van der Waals surface area contributed by atoms with Crippen LogP contribution >= 0.6 is 0 Å². The van der Waals surface area contributed by atoms with E-state index in [4.69, 9.17) is 14.2 Å². The van der Waals surface area contributed by atoms with Crippen LogP contribution in [0.5, 0.6) is 23.0 Å². The predicted octanol–water partition coefficient (Wildman–Crippen LogP) is 2.97. The van der Waals surface area contributed by atoms with Crippen LogP contribution in [-0.2, 0) is 4.74 Å². The number of methoxy groups -OCH3 is 2. The zero-order valence-electron chi connectivity index (χ0n) is 14.6. The maximum Gasteiger partial charge on any atom is 0.160 e. The third-order valence-corrected chi connectivity index (χ3v) is 4.07. The summed E-state index contributed by atoms with van der Waals surface area (Å²) in [5.74, 6) is 0.343. The van der Waals surface area contributed by atoms with Crippen molar-refractivity contribution in [2.75, 3.05) is 27.4 Å². The van der Waals surface area contributed by atoms with Crippen molar-refractivity contribution < 1.29 is 29.5 Å². The number of phenols is 2. The molecule has 2 aromatic rings. The Kier molecular flexibility index (Phi) is 6.50. The Hall–Kier alpha value is -2.44. The molecule has 0 bridgehead atoms. The first-order valence-electron chi connectivity index (χ1n) is 8.01. The molecule has 0 saturated heterocycles. The molecule has 2 atom stereocenters. The van der Waals surface area contributed by atoms with Crippen LogP contribution in [-0.4, -0.2) is 42.8 Å². The molecule has 0 amide bonds. The Balaban J connectivity index is 2.46. The second-order valence-corrected chi connectivity index (χ2v) is 5.53. The molecule has 0 unspecified atom stereocenters. The van der Waals surface area contributed by atoms with Gasteiger partial charge in [0, 0.05) is 12.5 Å². The van der Waals surface area contributed by atoms with Gasteiger partial charge in [0.1, 0.15) is 0 Å². The minimum atomic E-state index is -0.459. The first kappa shape index (κ1) is 18.9. The smallest absolute Gasteiger partial charge is 0.160 e. The van der Waals surface area contributed by atoms with Crippen molar-refractivity contribution in [1.29, 1.82) is 0 Å². The van der Waals surface area contributed by atoms with Gasteiger partial charge in [-0.25, -0.2) is 0 Å². The van der Waals surface area contributed by atoms with Crippen molar-refractivity contribution in [2.24, 2.45) is 0 Å². The number of rotatable bonds is 8. The van der Waals surface area contributed by atoms with Gasteiger partial charge in [0.15, 0.2) is 23.0 Å². The molecule has 25 heavy (non-hydrogen) atoms. The largest absolute Gasteiger partial charge is 0.504 e. The third kappa shape index (κ3) is 4.15. The predicted molar refractivity (Wildman–Crippen MR) is 93.5 cm³/mol. The molecule has 0 aliphatic rings. The highest BCUT2D eigenvalue weighted by atomic mass is 16.5. The Morgan fingerprint density at radius 2 is 1.40 bits per heavy atom. The summed E-state index contributed by atoms with van der Waals surface area (Å²) in [4.78, 5) is 0. The van der Waals surface area contributed by atoms with Crippen LogP contribution in [0.2, 0.25) is 0 Å².